The van der Waals surface area contributed by atoms with E-state index in [1.807, 2.05) is 11.9 Å². The average molecular weight is 373 g/mol. The van der Waals surface area contributed by atoms with Crippen LogP contribution in [0.3, 0.4) is 0 Å². The van der Waals surface area contributed by atoms with E-state index in [-0.39, 0.29) is 17.5 Å². The highest BCUT2D eigenvalue weighted by atomic mass is 16.2. The van der Waals surface area contributed by atoms with Crippen LogP contribution in [0.2, 0.25) is 0 Å². The Morgan fingerprint density at radius 1 is 1.19 bits per heavy atom. The molecule has 1 N–H and O–H groups in total. The topological polar surface area (TPSA) is 38.8 Å². The highest BCUT2D eigenvalue weighted by Gasteiger charge is 2.30. The molecule has 5 nitrogen and oxygen atoms in total. The number of fused-ring (bicyclic) bond motifs is 1. The van der Waals surface area contributed by atoms with Crippen LogP contribution in [0.15, 0.2) is 18.2 Å². The van der Waals surface area contributed by atoms with Crippen molar-refractivity contribution in [3.05, 3.63) is 34.9 Å². The van der Waals surface area contributed by atoms with Gasteiger partial charge in [-0.25, -0.2) is 4.79 Å². The predicted molar refractivity (Wildman–Crippen MR) is 111 cm³/mol. The van der Waals surface area contributed by atoms with Gasteiger partial charge in [0.1, 0.15) is 0 Å². The smallest absolute Gasteiger partial charge is 0.317 e. The number of amides is 2. The van der Waals surface area contributed by atoms with Crippen LogP contribution < -0.4 is 5.32 Å². The molecule has 0 spiro atoms. The first-order valence-corrected chi connectivity index (χ1v) is 10.3. The molecule has 3 rings (SSSR count). The summed E-state index contributed by atoms with van der Waals surface area (Å²) in [4.78, 5) is 19.5. The van der Waals surface area contributed by atoms with E-state index >= 15 is 0 Å². The highest BCUT2D eigenvalue weighted by Crippen LogP contribution is 2.24. The maximum absolute atomic E-state index is 12.9. The molecule has 2 heterocycles. The molecule has 2 aliphatic heterocycles. The second kappa shape index (κ2) is 8.19. The van der Waals surface area contributed by atoms with Crippen molar-refractivity contribution in [3.8, 4) is 0 Å². The number of likely N-dealkylation sites (tertiary alicyclic amines) is 1. The van der Waals surface area contributed by atoms with Crippen molar-refractivity contribution in [3.63, 3.8) is 0 Å². The number of hydrogen-bond acceptors (Lipinski definition) is 3. The summed E-state index contributed by atoms with van der Waals surface area (Å²) in [5.74, 6) is 0. The van der Waals surface area contributed by atoms with E-state index in [4.69, 9.17) is 0 Å². The molecule has 1 atom stereocenters. The summed E-state index contributed by atoms with van der Waals surface area (Å²) < 4.78 is 0. The monoisotopic (exact) mass is 372 g/mol. The summed E-state index contributed by atoms with van der Waals surface area (Å²) in [5.41, 5.74) is 4.04. The summed E-state index contributed by atoms with van der Waals surface area (Å²) in [6.45, 7) is 12.6. The van der Waals surface area contributed by atoms with Gasteiger partial charge >= 0.3 is 6.03 Å². The lowest BCUT2D eigenvalue weighted by Crippen LogP contribution is -2.53. The molecule has 0 saturated carbocycles. The fraction of sp³-hybridized carbons (Fsp3) is 0.682. The van der Waals surface area contributed by atoms with Crippen LogP contribution >= 0.6 is 0 Å². The van der Waals surface area contributed by atoms with Gasteiger partial charge in [0.2, 0.25) is 0 Å². The zero-order valence-electron chi connectivity index (χ0n) is 17.7. The SMILES string of the molecule is CN1Cc2ccc(CN(C)C(=O)NC(CN3CCCC3)C(C)(C)C)cc2C1. The molecule has 1 aromatic carbocycles. The lowest BCUT2D eigenvalue weighted by Gasteiger charge is -2.35. The van der Waals surface area contributed by atoms with Gasteiger partial charge in [-0.15, -0.1) is 0 Å². The van der Waals surface area contributed by atoms with E-state index in [1.54, 1.807) is 0 Å². The summed E-state index contributed by atoms with van der Waals surface area (Å²) in [6.07, 6.45) is 2.55. The molecule has 0 bridgehead atoms. The van der Waals surface area contributed by atoms with Crippen LogP contribution in [-0.2, 0) is 19.6 Å². The zero-order valence-corrected chi connectivity index (χ0v) is 17.7. The van der Waals surface area contributed by atoms with Crippen LogP contribution in [0.4, 0.5) is 4.79 Å². The van der Waals surface area contributed by atoms with Gasteiger partial charge in [-0.3, -0.25) is 4.90 Å². The maximum Gasteiger partial charge on any atom is 0.317 e. The van der Waals surface area contributed by atoms with E-state index in [2.05, 4.69) is 61.1 Å². The number of urea groups is 1. The highest BCUT2D eigenvalue weighted by molar-refractivity contribution is 5.74. The minimum absolute atomic E-state index is 0.0201. The normalized spacial score (nSPS) is 19.1. The Morgan fingerprint density at radius 2 is 1.85 bits per heavy atom. The lowest BCUT2D eigenvalue weighted by atomic mass is 9.86. The van der Waals surface area contributed by atoms with E-state index in [0.29, 0.717) is 6.54 Å². The van der Waals surface area contributed by atoms with Crippen molar-refractivity contribution in [2.75, 3.05) is 33.7 Å². The van der Waals surface area contributed by atoms with Gasteiger partial charge < -0.3 is 15.1 Å². The van der Waals surface area contributed by atoms with E-state index < -0.39 is 0 Å². The Kier molecular flexibility index (Phi) is 6.11. The second-order valence-corrected chi connectivity index (χ2v) is 9.51. The first kappa shape index (κ1) is 20.2. The number of rotatable bonds is 5. The van der Waals surface area contributed by atoms with E-state index in [0.717, 1.165) is 32.7 Å². The predicted octanol–water partition coefficient (Wildman–Crippen LogP) is 3.28. The van der Waals surface area contributed by atoms with Crippen LogP contribution in [0.1, 0.15) is 50.3 Å². The van der Waals surface area contributed by atoms with Gasteiger partial charge in [-0.2, -0.15) is 0 Å². The van der Waals surface area contributed by atoms with Gasteiger partial charge in [-0.1, -0.05) is 39.0 Å². The summed E-state index contributed by atoms with van der Waals surface area (Å²) >= 11 is 0. The summed E-state index contributed by atoms with van der Waals surface area (Å²) in [7, 11) is 4.04. The molecule has 2 amide bonds. The minimum Gasteiger partial charge on any atom is -0.333 e. The quantitative estimate of drug-likeness (QED) is 0.862. The fourth-order valence-electron chi connectivity index (χ4n) is 4.08. The Labute approximate surface area is 164 Å². The lowest BCUT2D eigenvalue weighted by molar-refractivity contribution is 0.167. The van der Waals surface area contributed by atoms with Crippen molar-refractivity contribution in [2.45, 2.75) is 59.3 Å². The second-order valence-electron chi connectivity index (χ2n) is 9.51. The molecule has 1 aromatic rings. The fourth-order valence-corrected chi connectivity index (χ4v) is 4.08. The van der Waals surface area contributed by atoms with E-state index in [1.165, 1.54) is 29.5 Å². The Hall–Kier alpha value is -1.59. The molecular formula is C22H36N4O. The average Bonchev–Trinajstić information content (AvgIpc) is 3.21. The number of carbonyl (C=O) groups excluding carboxylic acids is 1. The van der Waals surface area contributed by atoms with Crippen LogP contribution in [-0.4, -0.2) is 60.5 Å². The third-order valence-corrected chi connectivity index (χ3v) is 5.90. The van der Waals surface area contributed by atoms with Crippen molar-refractivity contribution in [1.82, 2.24) is 20.0 Å². The van der Waals surface area contributed by atoms with Gasteiger partial charge in [-0.05, 0) is 55.1 Å². The van der Waals surface area contributed by atoms with Crippen LogP contribution in [0.25, 0.3) is 0 Å². The van der Waals surface area contributed by atoms with Crippen molar-refractivity contribution in [1.29, 1.82) is 0 Å². The Morgan fingerprint density at radius 3 is 2.52 bits per heavy atom. The van der Waals surface area contributed by atoms with Crippen molar-refractivity contribution in [2.24, 2.45) is 5.41 Å². The molecule has 5 heteroatoms. The first-order valence-electron chi connectivity index (χ1n) is 10.3. The van der Waals surface area contributed by atoms with Gasteiger partial charge in [0.05, 0.1) is 0 Å². The molecule has 0 radical (unpaired) electrons. The Bertz CT molecular complexity index is 661. The maximum atomic E-state index is 12.9. The molecule has 1 unspecified atom stereocenters. The number of benzene rings is 1. The molecule has 1 saturated heterocycles. The minimum atomic E-state index is 0.0201. The van der Waals surface area contributed by atoms with Crippen molar-refractivity contribution >= 4 is 6.03 Å². The van der Waals surface area contributed by atoms with Crippen LogP contribution in [0, 0.1) is 5.41 Å². The third-order valence-electron chi connectivity index (χ3n) is 5.90. The van der Waals surface area contributed by atoms with Gasteiger partial charge in [0.15, 0.2) is 0 Å². The molecule has 150 valence electrons. The summed E-state index contributed by atoms with van der Waals surface area (Å²) in [6, 6.07) is 6.80. The third kappa shape index (κ3) is 5.23. The number of hydrogen-bond donors (Lipinski definition) is 1. The molecule has 27 heavy (non-hydrogen) atoms. The molecular weight excluding hydrogens is 336 g/mol. The molecule has 0 aromatic heterocycles. The number of carbonyl (C=O) groups is 1. The van der Waals surface area contributed by atoms with Gasteiger partial charge in [0, 0.05) is 39.3 Å². The van der Waals surface area contributed by atoms with Crippen LogP contribution in [0.5, 0.6) is 0 Å². The first-order chi connectivity index (χ1) is 12.7. The molecule has 1 fully saturated rings. The zero-order chi connectivity index (χ0) is 19.6. The number of nitrogens with one attached hydrogen (secondary N) is 1. The standard InChI is InChI=1S/C22H36N4O/c1-22(2,3)20(16-26-10-6-7-11-26)23-21(27)25(5)13-17-8-9-18-14-24(4)15-19(18)12-17/h8-9,12,20H,6-7,10-11,13-16H2,1-5H3,(H,23,27). The summed E-state index contributed by atoms with van der Waals surface area (Å²) in [5, 5.41) is 3.30. The molecule has 2 aliphatic rings. The number of nitrogens with zero attached hydrogens (tertiary/aromatic N) is 3. The van der Waals surface area contributed by atoms with E-state index in [9.17, 15) is 4.79 Å². The largest absolute Gasteiger partial charge is 0.333 e. The van der Waals surface area contributed by atoms with Gasteiger partial charge in [0.25, 0.3) is 0 Å². The van der Waals surface area contributed by atoms with Crippen molar-refractivity contribution < 1.29 is 4.79 Å². The molecule has 0 aliphatic carbocycles. The Balaban J connectivity index is 1.59.